The van der Waals surface area contributed by atoms with E-state index in [1.165, 1.54) is 23.9 Å². The van der Waals surface area contributed by atoms with Crippen LogP contribution in [0.4, 0.5) is 17.1 Å². The van der Waals surface area contributed by atoms with Crippen LogP contribution < -0.4 is 9.62 Å². The van der Waals surface area contributed by atoms with Gasteiger partial charge in [-0.15, -0.1) is 0 Å². The Hall–Kier alpha value is -4.93. The maximum Gasteiger partial charge on any atom is 0.261 e. The zero-order chi connectivity index (χ0) is 30.8. The molecule has 2 heterocycles. The number of aromatic nitrogens is 1. The minimum absolute atomic E-state index is 0.0464. The van der Waals surface area contributed by atoms with Crippen molar-refractivity contribution in [2.24, 2.45) is 4.99 Å². The van der Waals surface area contributed by atoms with E-state index in [0.717, 1.165) is 42.8 Å². The molecule has 0 atom stereocenters. The molecule has 6 rings (SSSR count). The fourth-order valence-electron chi connectivity index (χ4n) is 5.25. The lowest BCUT2D eigenvalue weighted by atomic mass is 10.0. The number of hydrogen-bond donors (Lipinski definition) is 3. The van der Waals surface area contributed by atoms with Gasteiger partial charge in [0.1, 0.15) is 0 Å². The molecule has 9 nitrogen and oxygen atoms in total. The van der Waals surface area contributed by atoms with Gasteiger partial charge in [-0.2, -0.15) is 0 Å². The molecule has 1 fully saturated rings. The molecule has 0 saturated carbocycles. The second kappa shape index (κ2) is 12.0. The highest BCUT2D eigenvalue weighted by Crippen LogP contribution is 2.29. The van der Waals surface area contributed by atoms with E-state index < -0.39 is 10.0 Å². The van der Waals surface area contributed by atoms with Gasteiger partial charge in [-0.05, 0) is 68.6 Å². The Morgan fingerprint density at radius 3 is 2.34 bits per heavy atom. The molecule has 224 valence electrons. The Bertz CT molecular complexity index is 1960. The van der Waals surface area contributed by atoms with Gasteiger partial charge in [0.15, 0.2) is 11.7 Å². The summed E-state index contributed by atoms with van der Waals surface area (Å²) in [5.74, 6) is -0.331. The van der Waals surface area contributed by atoms with E-state index in [0.29, 0.717) is 22.2 Å². The van der Waals surface area contributed by atoms with E-state index in [1.54, 1.807) is 54.7 Å². The normalized spacial score (nSPS) is 14.4. The number of sulfonamides is 1. The number of nitrogens with zero attached hydrogens (tertiary/aromatic N) is 3. The molecule has 0 spiro atoms. The zero-order valence-electron chi connectivity index (χ0n) is 24.5. The number of hydrogen-bond acceptors (Lipinski definition) is 7. The van der Waals surface area contributed by atoms with E-state index in [-0.39, 0.29) is 22.2 Å². The Morgan fingerprint density at radius 1 is 0.909 bits per heavy atom. The largest absolute Gasteiger partial charge is 0.494 e. The third-order valence-corrected chi connectivity index (χ3v) is 9.25. The summed E-state index contributed by atoms with van der Waals surface area (Å²) in [6.45, 7) is 5.94. The van der Waals surface area contributed by atoms with Gasteiger partial charge in [0, 0.05) is 65.8 Å². The molecule has 0 aliphatic carbocycles. The SMILES string of the molecule is Cc1ccc(S(=O)(=O)Nc2cccc(C(=O)c3ccc4c(C=Nc5ccc(N6CCN(C)CC6)cc5)c(O)[nH]c4c3)c2)cc1. The van der Waals surface area contributed by atoms with Crippen molar-refractivity contribution < 1.29 is 18.3 Å². The van der Waals surface area contributed by atoms with Gasteiger partial charge in [0.25, 0.3) is 10.0 Å². The van der Waals surface area contributed by atoms with Crippen LogP contribution in [-0.4, -0.2) is 68.6 Å². The minimum Gasteiger partial charge on any atom is -0.494 e. The number of aromatic amines is 1. The maximum atomic E-state index is 13.4. The van der Waals surface area contributed by atoms with Gasteiger partial charge in [-0.1, -0.05) is 42.0 Å². The van der Waals surface area contributed by atoms with Gasteiger partial charge in [-0.3, -0.25) is 14.5 Å². The van der Waals surface area contributed by atoms with Crippen molar-refractivity contribution in [3.05, 3.63) is 113 Å². The molecule has 1 aromatic heterocycles. The number of fused-ring (bicyclic) bond motifs is 1. The van der Waals surface area contributed by atoms with Crippen molar-refractivity contribution in [1.82, 2.24) is 9.88 Å². The van der Waals surface area contributed by atoms with E-state index in [2.05, 4.69) is 43.7 Å². The molecule has 1 aliphatic heterocycles. The van der Waals surface area contributed by atoms with E-state index in [1.807, 2.05) is 19.1 Å². The topological polar surface area (TPSA) is 118 Å². The summed E-state index contributed by atoms with van der Waals surface area (Å²) in [5, 5.41) is 11.4. The molecule has 4 aromatic carbocycles. The van der Waals surface area contributed by atoms with Crippen LogP contribution in [0.3, 0.4) is 0 Å². The lowest BCUT2D eigenvalue weighted by Crippen LogP contribution is -2.44. The number of ketones is 1. The third kappa shape index (κ3) is 6.22. The summed E-state index contributed by atoms with van der Waals surface area (Å²) in [7, 11) is -1.68. The standard InChI is InChI=1S/C34H33N5O4S/c1-23-6-13-29(14-7-23)44(42,43)37-27-5-3-4-24(20-27)33(40)25-8-15-30-31(34(41)36-32(30)21-25)22-35-26-9-11-28(12-10-26)39-18-16-38(2)17-19-39/h3-15,20-22,36-37,41H,16-19H2,1-2H3. The predicted molar refractivity (Wildman–Crippen MR) is 175 cm³/mol. The number of likely N-dealkylation sites (N-methyl/N-ethyl adjacent to an activating group) is 1. The molecule has 0 unspecified atom stereocenters. The summed E-state index contributed by atoms with van der Waals surface area (Å²) in [6.07, 6.45) is 1.62. The highest BCUT2D eigenvalue weighted by Gasteiger charge is 2.18. The molecular weight excluding hydrogens is 574 g/mol. The van der Waals surface area contributed by atoms with Crippen molar-refractivity contribution in [1.29, 1.82) is 0 Å². The first-order valence-electron chi connectivity index (χ1n) is 14.3. The molecular formula is C34H33N5O4S. The highest BCUT2D eigenvalue weighted by molar-refractivity contribution is 7.92. The molecule has 44 heavy (non-hydrogen) atoms. The van der Waals surface area contributed by atoms with Crippen molar-refractivity contribution in [2.45, 2.75) is 11.8 Å². The van der Waals surface area contributed by atoms with Crippen LogP contribution in [0.1, 0.15) is 27.0 Å². The van der Waals surface area contributed by atoms with E-state index >= 15 is 0 Å². The van der Waals surface area contributed by atoms with Gasteiger partial charge >= 0.3 is 0 Å². The number of aromatic hydroxyl groups is 1. The highest BCUT2D eigenvalue weighted by atomic mass is 32.2. The summed E-state index contributed by atoms with van der Waals surface area (Å²) in [5.41, 5.74) is 4.98. The lowest BCUT2D eigenvalue weighted by Gasteiger charge is -2.34. The first kappa shape index (κ1) is 29.2. The first-order valence-corrected chi connectivity index (χ1v) is 15.8. The third-order valence-electron chi connectivity index (χ3n) is 7.85. The molecule has 1 saturated heterocycles. The molecule has 0 amide bonds. The summed E-state index contributed by atoms with van der Waals surface area (Å²) in [4.78, 5) is 25.7. The first-order chi connectivity index (χ1) is 21.2. The Balaban J connectivity index is 1.18. The maximum absolute atomic E-state index is 13.4. The predicted octanol–water partition coefficient (Wildman–Crippen LogP) is 5.72. The second-order valence-corrected chi connectivity index (χ2v) is 12.7. The molecule has 3 N–H and O–H groups in total. The molecule has 1 aliphatic rings. The second-order valence-electron chi connectivity index (χ2n) is 11.0. The van der Waals surface area contributed by atoms with Crippen molar-refractivity contribution in [2.75, 3.05) is 42.8 Å². The van der Waals surface area contributed by atoms with Crippen LogP contribution >= 0.6 is 0 Å². The number of anilines is 2. The molecule has 10 heteroatoms. The van der Waals surface area contributed by atoms with Gasteiger partial charge in [0.05, 0.1) is 16.1 Å². The fourth-order valence-corrected chi connectivity index (χ4v) is 6.30. The van der Waals surface area contributed by atoms with E-state index in [4.69, 9.17) is 0 Å². The van der Waals surface area contributed by atoms with Crippen LogP contribution in [0.5, 0.6) is 5.88 Å². The smallest absolute Gasteiger partial charge is 0.261 e. The van der Waals surface area contributed by atoms with Crippen LogP contribution in [-0.2, 0) is 10.0 Å². The number of carbonyl (C=O) groups excluding carboxylic acids is 1. The number of carbonyl (C=O) groups is 1. The average molecular weight is 608 g/mol. The van der Waals surface area contributed by atoms with Gasteiger partial charge in [0.2, 0.25) is 0 Å². The lowest BCUT2D eigenvalue weighted by molar-refractivity contribution is 0.103. The Kier molecular flexibility index (Phi) is 7.94. The van der Waals surface area contributed by atoms with Crippen molar-refractivity contribution >= 4 is 50.0 Å². The quantitative estimate of drug-likeness (QED) is 0.154. The van der Waals surface area contributed by atoms with Gasteiger partial charge < -0.3 is 19.9 Å². The zero-order valence-corrected chi connectivity index (χ0v) is 25.3. The van der Waals surface area contributed by atoms with Crippen molar-refractivity contribution in [3.63, 3.8) is 0 Å². The Morgan fingerprint density at radius 2 is 1.61 bits per heavy atom. The van der Waals surface area contributed by atoms with Gasteiger partial charge in [-0.25, -0.2) is 8.42 Å². The number of H-pyrrole nitrogens is 1. The summed E-state index contributed by atoms with van der Waals surface area (Å²) in [6, 6.07) is 26.1. The number of benzene rings is 4. The summed E-state index contributed by atoms with van der Waals surface area (Å²) >= 11 is 0. The summed E-state index contributed by atoms with van der Waals surface area (Å²) < 4.78 is 28.2. The number of aryl methyl sites for hydroxylation is 1. The molecule has 5 aromatic rings. The molecule has 0 bridgehead atoms. The Labute approximate surface area is 256 Å². The van der Waals surface area contributed by atoms with Crippen LogP contribution in [0, 0.1) is 6.92 Å². The number of aliphatic imine (C=N–C) groups is 1. The number of nitrogens with one attached hydrogen (secondary N) is 2. The van der Waals surface area contributed by atoms with E-state index in [9.17, 15) is 18.3 Å². The fraction of sp³-hybridized carbons (Fsp3) is 0.176. The number of piperazine rings is 1. The van der Waals surface area contributed by atoms with Crippen LogP contribution in [0.25, 0.3) is 10.9 Å². The number of rotatable bonds is 8. The van der Waals surface area contributed by atoms with Crippen LogP contribution in [0.2, 0.25) is 0 Å². The molecule has 0 radical (unpaired) electrons. The monoisotopic (exact) mass is 607 g/mol. The average Bonchev–Trinajstić information content (AvgIpc) is 3.34. The van der Waals surface area contributed by atoms with Crippen molar-refractivity contribution in [3.8, 4) is 5.88 Å². The van der Waals surface area contributed by atoms with Crippen LogP contribution in [0.15, 0.2) is 101 Å². The minimum atomic E-state index is -3.81.